The van der Waals surface area contributed by atoms with Gasteiger partial charge in [0.2, 0.25) is 5.95 Å². The summed E-state index contributed by atoms with van der Waals surface area (Å²) in [6.07, 6.45) is 0. The van der Waals surface area contributed by atoms with E-state index in [-0.39, 0.29) is 0 Å². The van der Waals surface area contributed by atoms with E-state index in [0.717, 1.165) is 71.3 Å². The van der Waals surface area contributed by atoms with Crippen molar-refractivity contribution in [3.63, 3.8) is 0 Å². The Hall–Kier alpha value is -6.44. The molecule has 0 N–H and O–H groups in total. The summed E-state index contributed by atoms with van der Waals surface area (Å²) in [5, 5.41) is 2.14. The smallest absolute Gasteiger partial charge is 0.238 e. The van der Waals surface area contributed by atoms with E-state index in [0.29, 0.717) is 17.6 Å². The van der Waals surface area contributed by atoms with Crippen LogP contribution < -0.4 is 9.80 Å². The predicted molar refractivity (Wildman–Crippen MR) is 201 cm³/mol. The number of hydrogen-bond donors (Lipinski definition) is 0. The summed E-state index contributed by atoms with van der Waals surface area (Å²) in [6.45, 7) is 0. The molecule has 1 aromatic heterocycles. The summed E-state index contributed by atoms with van der Waals surface area (Å²) in [6, 6.07) is 55.2. The third kappa shape index (κ3) is 4.34. The average molecular weight is 662 g/mol. The maximum atomic E-state index is 14.9. The van der Waals surface area contributed by atoms with Gasteiger partial charge in [0.15, 0.2) is 11.6 Å². The summed E-state index contributed by atoms with van der Waals surface area (Å²) >= 11 is 0. The molecule has 1 unspecified atom stereocenters. The quantitative estimate of drug-likeness (QED) is 0.187. The van der Waals surface area contributed by atoms with Crippen LogP contribution in [0.2, 0.25) is 0 Å². The molecule has 50 heavy (non-hydrogen) atoms. The second-order valence-corrected chi connectivity index (χ2v) is 13.6. The van der Waals surface area contributed by atoms with Crippen molar-refractivity contribution in [2.24, 2.45) is 0 Å². The lowest BCUT2D eigenvalue weighted by atomic mass is 9.90. The van der Waals surface area contributed by atoms with Crippen LogP contribution in [0.5, 0.6) is 0 Å². The Morgan fingerprint density at radius 1 is 0.460 bits per heavy atom. The lowest BCUT2D eigenvalue weighted by Gasteiger charge is -2.38. The van der Waals surface area contributed by atoms with Crippen LogP contribution >= 0.6 is 0 Å². The molecule has 2 aliphatic heterocycles. The van der Waals surface area contributed by atoms with Crippen LogP contribution in [0.15, 0.2) is 174 Å². The first-order valence-electron chi connectivity index (χ1n) is 16.5. The number of benzene rings is 7. The van der Waals surface area contributed by atoms with Gasteiger partial charge in [-0.1, -0.05) is 121 Å². The highest BCUT2D eigenvalue weighted by Crippen LogP contribution is 2.57. The average Bonchev–Trinajstić information content (AvgIpc) is 3.19. The lowest BCUT2D eigenvalue weighted by molar-refractivity contribution is 0.682. The van der Waals surface area contributed by atoms with Crippen LogP contribution in [-0.2, 0) is 10.8 Å². The summed E-state index contributed by atoms with van der Waals surface area (Å²) in [5.74, 6) is 1.64. The monoisotopic (exact) mass is 661 g/mol. The minimum atomic E-state index is -1.48. The maximum Gasteiger partial charge on any atom is 0.238 e. The standard InChI is InChI=1S/C43H27N5OS/c49-50-37-25-11-10-23-33(37)47(31-20-8-3-9-21-31)36-27-26-35-39(40(36)50)32-22-12-18-28-19-13-24-34(38(28)32)48(35)43-45-41(29-14-4-1-5-15-29)44-42(46-43)30-16-6-2-7-17-30/h1-27H. The fraction of sp³-hybridized carbons (Fsp3) is 0. The Kier molecular flexibility index (Phi) is 6.47. The van der Waals surface area contributed by atoms with E-state index in [4.69, 9.17) is 15.0 Å². The van der Waals surface area contributed by atoms with Gasteiger partial charge < -0.3 is 4.90 Å². The Labute approximate surface area is 291 Å². The number of hydrogen-bond acceptors (Lipinski definition) is 6. The van der Waals surface area contributed by atoms with Crippen molar-refractivity contribution in [2.45, 2.75) is 9.79 Å². The Bertz CT molecular complexity index is 2570. The zero-order chi connectivity index (χ0) is 33.2. The van der Waals surface area contributed by atoms with Crippen LogP contribution in [0.25, 0.3) is 44.7 Å². The van der Waals surface area contributed by atoms with E-state index < -0.39 is 10.8 Å². The molecule has 0 radical (unpaired) electrons. The molecule has 0 amide bonds. The van der Waals surface area contributed by atoms with Crippen LogP contribution in [-0.4, -0.2) is 19.2 Å². The minimum Gasteiger partial charge on any atom is -0.308 e. The highest BCUT2D eigenvalue weighted by molar-refractivity contribution is 7.85. The van der Waals surface area contributed by atoms with E-state index in [9.17, 15) is 4.21 Å². The molecule has 0 saturated heterocycles. The van der Waals surface area contributed by atoms with Crippen LogP contribution in [0.3, 0.4) is 0 Å². The van der Waals surface area contributed by atoms with Crippen LogP contribution in [0.4, 0.5) is 34.4 Å². The first-order valence-corrected chi connectivity index (χ1v) is 17.6. The van der Waals surface area contributed by atoms with E-state index in [1.807, 2.05) is 103 Å². The van der Waals surface area contributed by atoms with Gasteiger partial charge in [-0.05, 0) is 53.4 Å². The fourth-order valence-corrected chi connectivity index (χ4v) is 8.74. The molecule has 0 spiro atoms. The third-order valence-electron chi connectivity index (χ3n) is 9.38. The molecule has 0 bridgehead atoms. The van der Waals surface area contributed by atoms with Crippen molar-refractivity contribution >= 4 is 56.0 Å². The summed E-state index contributed by atoms with van der Waals surface area (Å²) < 4.78 is 14.9. The van der Waals surface area contributed by atoms with Gasteiger partial charge in [-0.25, -0.2) is 9.19 Å². The molecule has 7 aromatic carbocycles. The molecular weight excluding hydrogens is 635 g/mol. The summed E-state index contributed by atoms with van der Waals surface area (Å²) in [5.41, 5.74) is 8.34. The van der Waals surface area contributed by atoms with Crippen molar-refractivity contribution in [1.82, 2.24) is 15.0 Å². The molecule has 3 heterocycles. The van der Waals surface area contributed by atoms with Crippen LogP contribution in [0, 0.1) is 0 Å². The summed E-state index contributed by atoms with van der Waals surface area (Å²) in [7, 11) is -1.48. The second kappa shape index (κ2) is 11.3. The normalized spacial score (nSPS) is 14.2. The number of rotatable bonds is 4. The van der Waals surface area contributed by atoms with Gasteiger partial charge >= 0.3 is 0 Å². The molecule has 0 fully saturated rings. The van der Waals surface area contributed by atoms with Gasteiger partial charge in [0.25, 0.3) is 0 Å². The first kappa shape index (κ1) is 28.6. The molecule has 6 nitrogen and oxygen atoms in total. The Balaban J connectivity index is 1.30. The third-order valence-corrected chi connectivity index (χ3v) is 10.9. The van der Waals surface area contributed by atoms with E-state index in [1.165, 1.54) is 0 Å². The molecule has 8 aromatic rings. The predicted octanol–water partition coefficient (Wildman–Crippen LogP) is 10.8. The van der Waals surface area contributed by atoms with Crippen LogP contribution in [0.1, 0.15) is 0 Å². The van der Waals surface area contributed by atoms with E-state index in [2.05, 4.69) is 70.5 Å². The van der Waals surface area contributed by atoms with E-state index >= 15 is 0 Å². The molecule has 236 valence electrons. The van der Waals surface area contributed by atoms with Crippen molar-refractivity contribution in [2.75, 3.05) is 9.80 Å². The Morgan fingerprint density at radius 2 is 1.04 bits per heavy atom. The van der Waals surface area contributed by atoms with Gasteiger partial charge in [-0.15, -0.1) is 0 Å². The molecule has 2 aliphatic rings. The van der Waals surface area contributed by atoms with Crippen molar-refractivity contribution in [3.8, 4) is 33.9 Å². The molecule has 10 rings (SSSR count). The number of para-hydroxylation sites is 2. The number of fused-ring (bicyclic) bond motifs is 5. The molecule has 1 atom stereocenters. The summed E-state index contributed by atoms with van der Waals surface area (Å²) in [4.78, 5) is 21.2. The highest BCUT2D eigenvalue weighted by atomic mass is 32.2. The Morgan fingerprint density at radius 3 is 1.74 bits per heavy atom. The topological polar surface area (TPSA) is 62.2 Å². The van der Waals surface area contributed by atoms with Gasteiger partial charge in [-0.2, -0.15) is 9.97 Å². The number of anilines is 6. The maximum absolute atomic E-state index is 14.9. The largest absolute Gasteiger partial charge is 0.308 e. The van der Waals surface area contributed by atoms with Crippen molar-refractivity contribution < 1.29 is 4.21 Å². The highest BCUT2D eigenvalue weighted by Gasteiger charge is 2.37. The minimum absolute atomic E-state index is 0.489. The molecular formula is C43H27N5OS. The molecule has 7 heteroatoms. The zero-order valence-electron chi connectivity index (χ0n) is 26.6. The lowest BCUT2D eigenvalue weighted by Crippen LogP contribution is -2.23. The van der Waals surface area contributed by atoms with Crippen molar-refractivity contribution in [3.05, 3.63) is 164 Å². The first-order chi connectivity index (χ1) is 24.7. The number of nitrogens with zero attached hydrogens (tertiary/aromatic N) is 5. The fourth-order valence-electron chi connectivity index (χ4n) is 7.22. The van der Waals surface area contributed by atoms with Gasteiger partial charge in [0, 0.05) is 27.8 Å². The SMILES string of the molecule is O=S1c2ccccc2N(c2ccccc2)c2ccc3c(c21)-c1cccc2cccc(c12)N3c1nc(-c2ccccc2)nc(-c2ccccc2)n1. The molecule has 0 aliphatic carbocycles. The zero-order valence-corrected chi connectivity index (χ0v) is 27.5. The van der Waals surface area contributed by atoms with Gasteiger partial charge in [-0.3, -0.25) is 4.90 Å². The van der Waals surface area contributed by atoms with E-state index in [1.54, 1.807) is 0 Å². The second-order valence-electron chi connectivity index (χ2n) is 12.2. The van der Waals surface area contributed by atoms with Gasteiger partial charge in [0.05, 0.1) is 43.3 Å². The number of aromatic nitrogens is 3. The molecule has 0 saturated carbocycles. The van der Waals surface area contributed by atoms with Crippen molar-refractivity contribution in [1.29, 1.82) is 0 Å². The van der Waals surface area contributed by atoms with Gasteiger partial charge in [0.1, 0.15) is 0 Å².